The molecule has 0 aliphatic heterocycles. The van der Waals surface area contributed by atoms with Crippen LogP contribution in [0.15, 0.2) is 122 Å². The van der Waals surface area contributed by atoms with Crippen molar-refractivity contribution in [1.82, 2.24) is 0 Å². The molecule has 0 N–H and O–H groups in total. The molecule has 0 atom stereocenters. The SMILES string of the molecule is CCC=COCCCOc1ccc(C2(c3ccc(OCCCOC=CCC)cc3)c3ccccc3Cc3ccccc32)cc1. The minimum atomic E-state index is -0.471. The molecule has 4 aromatic rings. The quantitative estimate of drug-likeness (QED) is 0.0850. The van der Waals surface area contributed by atoms with Crippen LogP contribution in [0.25, 0.3) is 0 Å². The van der Waals surface area contributed by atoms with Crippen LogP contribution in [0.2, 0.25) is 0 Å². The number of fused-ring (bicyclic) bond motifs is 2. The highest BCUT2D eigenvalue weighted by Crippen LogP contribution is 2.51. The fourth-order valence-corrected chi connectivity index (χ4v) is 5.95. The van der Waals surface area contributed by atoms with Crippen molar-refractivity contribution < 1.29 is 18.9 Å². The van der Waals surface area contributed by atoms with Crippen molar-refractivity contribution in [2.75, 3.05) is 26.4 Å². The van der Waals surface area contributed by atoms with Crippen LogP contribution >= 0.6 is 0 Å². The first-order valence-electron chi connectivity index (χ1n) is 15.9. The molecular weight excluding hydrogens is 544 g/mol. The van der Waals surface area contributed by atoms with Gasteiger partial charge in [0.15, 0.2) is 0 Å². The zero-order valence-corrected chi connectivity index (χ0v) is 26.0. The molecule has 4 aromatic carbocycles. The van der Waals surface area contributed by atoms with E-state index in [2.05, 4.69) is 111 Å². The standard InChI is InChI=1S/C40H44O4/c1-3-5-25-41-27-11-29-43-36-21-17-34(18-22-36)40(35-19-23-37(24-20-35)44-30-12-28-42-26-6-4-2)38-15-9-7-13-32(38)31-33-14-8-10-16-39(33)40/h5-10,13-26H,3-4,11-12,27-31H2,1-2H3. The normalized spacial score (nSPS) is 13.4. The number of rotatable bonds is 16. The van der Waals surface area contributed by atoms with Crippen LogP contribution < -0.4 is 9.47 Å². The molecule has 0 heterocycles. The third kappa shape index (κ3) is 7.19. The minimum Gasteiger partial charge on any atom is -0.501 e. The molecule has 0 saturated heterocycles. The first-order chi connectivity index (χ1) is 21.8. The van der Waals surface area contributed by atoms with Gasteiger partial charge in [0.2, 0.25) is 0 Å². The van der Waals surface area contributed by atoms with Gasteiger partial charge < -0.3 is 18.9 Å². The van der Waals surface area contributed by atoms with Gasteiger partial charge in [-0.25, -0.2) is 0 Å². The Morgan fingerprint density at radius 2 is 0.977 bits per heavy atom. The van der Waals surface area contributed by atoms with E-state index in [1.165, 1.54) is 33.4 Å². The molecule has 228 valence electrons. The van der Waals surface area contributed by atoms with E-state index >= 15 is 0 Å². The Morgan fingerprint density at radius 3 is 1.41 bits per heavy atom. The maximum absolute atomic E-state index is 6.09. The van der Waals surface area contributed by atoms with Gasteiger partial charge in [-0.1, -0.05) is 98.8 Å². The van der Waals surface area contributed by atoms with Crippen LogP contribution in [0.5, 0.6) is 11.5 Å². The van der Waals surface area contributed by atoms with Crippen LogP contribution in [-0.2, 0) is 21.3 Å². The molecule has 5 rings (SSSR count). The second-order valence-corrected chi connectivity index (χ2v) is 11.0. The summed E-state index contributed by atoms with van der Waals surface area (Å²) < 4.78 is 23.2. The summed E-state index contributed by atoms with van der Waals surface area (Å²) in [5, 5.41) is 0. The van der Waals surface area contributed by atoms with E-state index in [0.29, 0.717) is 26.4 Å². The fourth-order valence-electron chi connectivity index (χ4n) is 5.95. The van der Waals surface area contributed by atoms with Gasteiger partial charge in [0.25, 0.3) is 0 Å². The Morgan fingerprint density at radius 1 is 0.545 bits per heavy atom. The number of ether oxygens (including phenoxy) is 4. The first kappa shape index (κ1) is 31.0. The molecule has 0 amide bonds. The summed E-state index contributed by atoms with van der Waals surface area (Å²) in [4.78, 5) is 0. The highest BCUT2D eigenvalue weighted by molar-refractivity contribution is 5.67. The first-order valence-corrected chi connectivity index (χ1v) is 15.9. The number of hydrogen-bond donors (Lipinski definition) is 0. The number of allylic oxidation sites excluding steroid dienone is 2. The Labute approximate surface area is 263 Å². The highest BCUT2D eigenvalue weighted by Gasteiger charge is 2.43. The molecule has 1 aliphatic carbocycles. The summed E-state index contributed by atoms with van der Waals surface area (Å²) in [6, 6.07) is 35.1. The largest absolute Gasteiger partial charge is 0.501 e. The Balaban J connectivity index is 1.42. The lowest BCUT2D eigenvalue weighted by molar-refractivity contribution is 0.208. The van der Waals surface area contributed by atoms with E-state index in [1.807, 2.05) is 12.2 Å². The van der Waals surface area contributed by atoms with Gasteiger partial charge in [-0.15, -0.1) is 0 Å². The summed E-state index contributed by atoms with van der Waals surface area (Å²) in [6.07, 6.45) is 12.1. The fraction of sp³-hybridized carbons (Fsp3) is 0.300. The van der Waals surface area contributed by atoms with Crippen molar-refractivity contribution >= 4 is 0 Å². The number of benzene rings is 4. The summed E-state index contributed by atoms with van der Waals surface area (Å²) in [7, 11) is 0. The van der Waals surface area contributed by atoms with Crippen LogP contribution in [-0.4, -0.2) is 26.4 Å². The molecule has 0 saturated carbocycles. The van der Waals surface area contributed by atoms with E-state index in [0.717, 1.165) is 43.6 Å². The molecule has 0 aromatic heterocycles. The third-order valence-electron chi connectivity index (χ3n) is 8.01. The predicted molar refractivity (Wildman–Crippen MR) is 179 cm³/mol. The Hall–Kier alpha value is -4.44. The summed E-state index contributed by atoms with van der Waals surface area (Å²) in [5.74, 6) is 1.73. The number of hydrogen-bond acceptors (Lipinski definition) is 4. The molecule has 0 bridgehead atoms. The maximum Gasteiger partial charge on any atom is 0.119 e. The van der Waals surface area contributed by atoms with Crippen molar-refractivity contribution in [2.45, 2.75) is 51.4 Å². The van der Waals surface area contributed by atoms with E-state index in [9.17, 15) is 0 Å². The Kier molecular flexibility index (Phi) is 11.2. The summed E-state index contributed by atoms with van der Waals surface area (Å²) in [6.45, 7) is 6.71. The van der Waals surface area contributed by atoms with Gasteiger partial charge in [0.05, 0.1) is 44.4 Å². The van der Waals surface area contributed by atoms with Crippen molar-refractivity contribution in [3.63, 3.8) is 0 Å². The highest BCUT2D eigenvalue weighted by atomic mass is 16.5. The predicted octanol–water partition coefficient (Wildman–Crippen LogP) is 9.39. The Bertz CT molecular complexity index is 1390. The molecule has 0 spiro atoms. The lowest BCUT2D eigenvalue weighted by Gasteiger charge is -2.42. The second-order valence-electron chi connectivity index (χ2n) is 11.0. The van der Waals surface area contributed by atoms with E-state index in [4.69, 9.17) is 18.9 Å². The second kappa shape index (κ2) is 15.9. The molecule has 0 fully saturated rings. The molecule has 4 heteroatoms. The lowest BCUT2D eigenvalue weighted by atomic mass is 9.60. The molecule has 44 heavy (non-hydrogen) atoms. The van der Waals surface area contributed by atoms with E-state index in [-0.39, 0.29) is 0 Å². The van der Waals surface area contributed by atoms with Gasteiger partial charge in [-0.05, 0) is 76.9 Å². The van der Waals surface area contributed by atoms with E-state index < -0.39 is 5.41 Å². The maximum atomic E-state index is 6.09. The molecule has 0 unspecified atom stereocenters. The molecular formula is C40H44O4. The topological polar surface area (TPSA) is 36.9 Å². The molecule has 4 nitrogen and oxygen atoms in total. The van der Waals surface area contributed by atoms with Crippen molar-refractivity contribution in [2.24, 2.45) is 0 Å². The summed E-state index contributed by atoms with van der Waals surface area (Å²) >= 11 is 0. The van der Waals surface area contributed by atoms with E-state index in [1.54, 1.807) is 12.5 Å². The van der Waals surface area contributed by atoms with Crippen molar-refractivity contribution in [3.05, 3.63) is 155 Å². The van der Waals surface area contributed by atoms with Gasteiger partial charge in [-0.3, -0.25) is 0 Å². The van der Waals surface area contributed by atoms with Gasteiger partial charge in [-0.2, -0.15) is 0 Å². The van der Waals surface area contributed by atoms with Gasteiger partial charge in [0.1, 0.15) is 11.5 Å². The van der Waals surface area contributed by atoms with Crippen molar-refractivity contribution in [3.8, 4) is 11.5 Å². The molecule has 1 aliphatic rings. The lowest BCUT2D eigenvalue weighted by Crippen LogP contribution is -2.36. The zero-order valence-electron chi connectivity index (χ0n) is 26.0. The third-order valence-corrected chi connectivity index (χ3v) is 8.01. The average molecular weight is 589 g/mol. The van der Waals surface area contributed by atoms with Gasteiger partial charge >= 0.3 is 0 Å². The van der Waals surface area contributed by atoms with Crippen molar-refractivity contribution in [1.29, 1.82) is 0 Å². The average Bonchev–Trinajstić information content (AvgIpc) is 3.07. The minimum absolute atomic E-state index is 0.471. The zero-order chi connectivity index (χ0) is 30.5. The molecule has 0 radical (unpaired) electrons. The smallest absolute Gasteiger partial charge is 0.119 e. The van der Waals surface area contributed by atoms with Crippen LogP contribution in [0.1, 0.15) is 72.9 Å². The van der Waals surface area contributed by atoms with Crippen LogP contribution in [0.3, 0.4) is 0 Å². The monoisotopic (exact) mass is 588 g/mol. The van der Waals surface area contributed by atoms with Gasteiger partial charge in [0, 0.05) is 12.8 Å². The van der Waals surface area contributed by atoms with Crippen LogP contribution in [0, 0.1) is 0 Å². The van der Waals surface area contributed by atoms with Crippen LogP contribution in [0.4, 0.5) is 0 Å². The summed E-state index contributed by atoms with van der Waals surface area (Å²) in [5.41, 5.74) is 7.28.